The summed E-state index contributed by atoms with van der Waals surface area (Å²) in [6, 6.07) is 0.436. The van der Waals surface area contributed by atoms with Crippen LogP contribution >= 0.6 is 0 Å². The lowest BCUT2D eigenvalue weighted by atomic mass is 10.2. The van der Waals surface area contributed by atoms with E-state index in [0.29, 0.717) is 18.5 Å². The zero-order valence-corrected chi connectivity index (χ0v) is 12.1. The fourth-order valence-corrected chi connectivity index (χ4v) is 1.59. The van der Waals surface area contributed by atoms with E-state index >= 15 is 0 Å². The van der Waals surface area contributed by atoms with E-state index in [1.54, 1.807) is 11.2 Å². The molecule has 4 nitrogen and oxygen atoms in total. The molecule has 0 atom stereocenters. The Balaban J connectivity index is 2.90. The Kier molecular flexibility index (Phi) is 5.38. The smallest absolute Gasteiger partial charge is 0.304 e. The number of unbranched alkanes of at least 4 members (excludes halogenated alkanes) is 1. The van der Waals surface area contributed by atoms with Gasteiger partial charge in [0.15, 0.2) is 0 Å². The topological polar surface area (TPSA) is 46.3 Å². The quantitative estimate of drug-likeness (QED) is 0.777. The molecule has 1 heterocycles. The number of nitrogens with zero attached hydrogens (tertiary/aromatic N) is 2. The monoisotopic (exact) mass is 252 g/mol. The molecule has 4 heteroatoms. The zero-order valence-electron chi connectivity index (χ0n) is 12.1. The third kappa shape index (κ3) is 3.59. The van der Waals surface area contributed by atoms with Crippen LogP contribution in [0.2, 0.25) is 0 Å². The van der Waals surface area contributed by atoms with Gasteiger partial charge in [0.25, 0.3) is 0 Å². The molecule has 0 aliphatic carbocycles. The van der Waals surface area contributed by atoms with Crippen molar-refractivity contribution in [1.82, 2.24) is 4.98 Å². The zero-order chi connectivity index (χ0) is 13.7. The van der Waals surface area contributed by atoms with Crippen LogP contribution in [0.3, 0.4) is 0 Å². The standard InChI is InChI=1S/C14H24N2O2/c1-6-7-8-16(13(17)11(4)5)14-15-12(9-18-14)10(2)3/h9-11H,6-8H2,1-5H3. The molecule has 0 spiro atoms. The second-order valence-electron chi connectivity index (χ2n) is 5.21. The molecule has 102 valence electrons. The molecule has 0 unspecified atom stereocenters. The Labute approximate surface area is 109 Å². The lowest BCUT2D eigenvalue weighted by molar-refractivity contribution is -0.121. The third-order valence-electron chi connectivity index (χ3n) is 2.83. The SMILES string of the molecule is CCCCN(C(=O)C(C)C)c1nc(C(C)C)co1. The van der Waals surface area contributed by atoms with Crippen molar-refractivity contribution in [2.24, 2.45) is 5.92 Å². The number of anilines is 1. The highest BCUT2D eigenvalue weighted by atomic mass is 16.4. The van der Waals surface area contributed by atoms with Crippen LogP contribution in [0, 0.1) is 5.92 Å². The first-order valence-corrected chi connectivity index (χ1v) is 6.74. The first kappa shape index (κ1) is 14.7. The minimum absolute atomic E-state index is 0.0451. The van der Waals surface area contributed by atoms with Crippen molar-refractivity contribution in [3.63, 3.8) is 0 Å². The van der Waals surface area contributed by atoms with Gasteiger partial charge in [0.1, 0.15) is 6.26 Å². The van der Waals surface area contributed by atoms with Gasteiger partial charge in [0, 0.05) is 12.5 Å². The molecule has 0 saturated heterocycles. The van der Waals surface area contributed by atoms with Gasteiger partial charge >= 0.3 is 6.01 Å². The molecule has 0 aromatic carbocycles. The van der Waals surface area contributed by atoms with Crippen molar-refractivity contribution in [3.8, 4) is 0 Å². The van der Waals surface area contributed by atoms with E-state index in [4.69, 9.17) is 4.42 Å². The van der Waals surface area contributed by atoms with Crippen LogP contribution in [0.4, 0.5) is 6.01 Å². The Morgan fingerprint density at radius 2 is 2.06 bits per heavy atom. The van der Waals surface area contributed by atoms with Crippen LogP contribution in [0.5, 0.6) is 0 Å². The molecule has 1 aromatic heterocycles. The summed E-state index contributed by atoms with van der Waals surface area (Å²) in [6.07, 6.45) is 3.64. The second-order valence-corrected chi connectivity index (χ2v) is 5.21. The van der Waals surface area contributed by atoms with Crippen molar-refractivity contribution in [3.05, 3.63) is 12.0 Å². The van der Waals surface area contributed by atoms with E-state index in [1.165, 1.54) is 0 Å². The normalized spacial score (nSPS) is 11.3. The van der Waals surface area contributed by atoms with E-state index in [9.17, 15) is 4.79 Å². The lowest BCUT2D eigenvalue weighted by Gasteiger charge is -2.20. The molecule has 0 bridgehead atoms. The predicted octanol–water partition coefficient (Wildman–Crippen LogP) is 3.59. The lowest BCUT2D eigenvalue weighted by Crippen LogP contribution is -2.35. The average molecular weight is 252 g/mol. The van der Waals surface area contributed by atoms with Gasteiger partial charge in [-0.15, -0.1) is 0 Å². The third-order valence-corrected chi connectivity index (χ3v) is 2.83. The highest BCUT2D eigenvalue weighted by molar-refractivity contribution is 5.92. The predicted molar refractivity (Wildman–Crippen MR) is 72.7 cm³/mol. The molecule has 0 saturated carbocycles. The molecular weight excluding hydrogens is 228 g/mol. The molecule has 1 amide bonds. The summed E-state index contributed by atoms with van der Waals surface area (Å²) < 4.78 is 5.45. The maximum absolute atomic E-state index is 12.2. The van der Waals surface area contributed by atoms with Gasteiger partial charge in [-0.3, -0.25) is 9.69 Å². The van der Waals surface area contributed by atoms with Crippen LogP contribution in [0.15, 0.2) is 10.7 Å². The minimum atomic E-state index is -0.0451. The molecule has 0 radical (unpaired) electrons. The van der Waals surface area contributed by atoms with E-state index in [0.717, 1.165) is 18.5 Å². The number of carbonyl (C=O) groups excluding carboxylic acids is 1. The van der Waals surface area contributed by atoms with E-state index in [-0.39, 0.29) is 11.8 Å². The van der Waals surface area contributed by atoms with Gasteiger partial charge in [-0.05, 0) is 12.3 Å². The van der Waals surface area contributed by atoms with E-state index in [1.807, 2.05) is 13.8 Å². The van der Waals surface area contributed by atoms with Crippen molar-refractivity contribution in [1.29, 1.82) is 0 Å². The van der Waals surface area contributed by atoms with Crippen molar-refractivity contribution < 1.29 is 9.21 Å². The van der Waals surface area contributed by atoms with Crippen LogP contribution in [0.25, 0.3) is 0 Å². The van der Waals surface area contributed by atoms with Crippen molar-refractivity contribution in [2.45, 2.75) is 53.4 Å². The van der Waals surface area contributed by atoms with Crippen LogP contribution in [-0.4, -0.2) is 17.4 Å². The number of rotatable bonds is 6. The average Bonchev–Trinajstić information content (AvgIpc) is 2.78. The number of carbonyl (C=O) groups is 1. The molecule has 0 aliphatic rings. The van der Waals surface area contributed by atoms with Crippen molar-refractivity contribution in [2.75, 3.05) is 11.4 Å². The van der Waals surface area contributed by atoms with Gasteiger partial charge in [-0.1, -0.05) is 41.0 Å². The largest absolute Gasteiger partial charge is 0.431 e. The van der Waals surface area contributed by atoms with Gasteiger partial charge in [-0.2, -0.15) is 4.98 Å². The first-order chi connectivity index (χ1) is 8.47. The summed E-state index contributed by atoms with van der Waals surface area (Å²) in [5, 5.41) is 0. The molecule has 0 aliphatic heterocycles. The summed E-state index contributed by atoms with van der Waals surface area (Å²) in [4.78, 5) is 18.2. The van der Waals surface area contributed by atoms with E-state index < -0.39 is 0 Å². The number of oxazole rings is 1. The number of hydrogen-bond acceptors (Lipinski definition) is 3. The maximum atomic E-state index is 12.2. The van der Waals surface area contributed by atoms with Gasteiger partial charge in [-0.25, -0.2) is 0 Å². The van der Waals surface area contributed by atoms with Gasteiger partial charge in [0.05, 0.1) is 5.69 Å². The fraction of sp³-hybridized carbons (Fsp3) is 0.714. The Bertz CT molecular complexity index is 383. The maximum Gasteiger partial charge on any atom is 0.304 e. The first-order valence-electron chi connectivity index (χ1n) is 6.74. The summed E-state index contributed by atoms with van der Waals surface area (Å²) >= 11 is 0. The Morgan fingerprint density at radius 3 is 2.50 bits per heavy atom. The summed E-state index contributed by atoms with van der Waals surface area (Å²) in [5.41, 5.74) is 0.892. The second kappa shape index (κ2) is 6.57. The molecule has 18 heavy (non-hydrogen) atoms. The fourth-order valence-electron chi connectivity index (χ4n) is 1.59. The van der Waals surface area contributed by atoms with Gasteiger partial charge in [0.2, 0.25) is 5.91 Å². The van der Waals surface area contributed by atoms with E-state index in [2.05, 4.69) is 25.8 Å². The Morgan fingerprint density at radius 1 is 1.39 bits per heavy atom. The highest BCUT2D eigenvalue weighted by Gasteiger charge is 2.23. The van der Waals surface area contributed by atoms with Crippen LogP contribution in [0.1, 0.15) is 59.1 Å². The van der Waals surface area contributed by atoms with Crippen molar-refractivity contribution >= 4 is 11.9 Å². The number of amides is 1. The van der Waals surface area contributed by atoms with Crippen LogP contribution < -0.4 is 4.90 Å². The molecular formula is C14H24N2O2. The molecule has 1 aromatic rings. The van der Waals surface area contributed by atoms with Gasteiger partial charge < -0.3 is 4.42 Å². The number of hydrogen-bond donors (Lipinski definition) is 0. The summed E-state index contributed by atoms with van der Waals surface area (Å²) in [5.74, 6) is 0.335. The highest BCUT2D eigenvalue weighted by Crippen LogP contribution is 2.21. The number of aromatic nitrogens is 1. The Hall–Kier alpha value is -1.32. The molecule has 1 rings (SSSR count). The minimum Gasteiger partial charge on any atom is -0.431 e. The summed E-state index contributed by atoms with van der Waals surface area (Å²) in [6.45, 7) is 10.7. The molecule has 0 N–H and O–H groups in total. The summed E-state index contributed by atoms with van der Waals surface area (Å²) in [7, 11) is 0. The molecule has 0 fully saturated rings. The van der Waals surface area contributed by atoms with Crippen LogP contribution in [-0.2, 0) is 4.79 Å².